The molecule has 0 spiro atoms. The Bertz CT molecular complexity index is 817. The SMILES string of the molecule is CCNC(=NCc1cccc(O)c1)NCc1ccc(C)cc1OCC1CCOC1. The average molecular weight is 398 g/mol. The van der Waals surface area contributed by atoms with Crippen molar-refractivity contribution in [1.82, 2.24) is 10.6 Å². The molecule has 0 saturated carbocycles. The molecule has 2 aromatic carbocycles. The van der Waals surface area contributed by atoms with Gasteiger partial charge >= 0.3 is 0 Å². The van der Waals surface area contributed by atoms with Gasteiger partial charge in [-0.1, -0.05) is 24.3 Å². The maximum absolute atomic E-state index is 9.61. The van der Waals surface area contributed by atoms with Crippen LogP contribution in [0.15, 0.2) is 47.5 Å². The zero-order valence-electron chi connectivity index (χ0n) is 17.3. The molecule has 156 valence electrons. The number of nitrogens with zero attached hydrogens (tertiary/aromatic N) is 1. The minimum absolute atomic E-state index is 0.254. The fourth-order valence-corrected chi connectivity index (χ4v) is 3.21. The number of aryl methyl sites for hydroxylation is 1. The van der Waals surface area contributed by atoms with Gasteiger partial charge in [0, 0.05) is 31.2 Å². The maximum atomic E-state index is 9.61. The highest BCUT2D eigenvalue weighted by Gasteiger charge is 2.17. The molecule has 6 nitrogen and oxygen atoms in total. The number of phenolic OH excluding ortho intramolecular Hbond substituents is 1. The van der Waals surface area contributed by atoms with Gasteiger partial charge in [0.1, 0.15) is 11.5 Å². The molecule has 6 heteroatoms. The van der Waals surface area contributed by atoms with Crippen LogP contribution >= 0.6 is 0 Å². The standard InChI is InChI=1S/C23H31N3O3/c1-3-24-23(25-13-18-5-4-6-21(27)12-18)26-14-20-8-7-17(2)11-22(20)29-16-19-9-10-28-15-19/h4-8,11-12,19,27H,3,9-10,13-16H2,1-2H3,(H2,24,25,26). The highest BCUT2D eigenvalue weighted by molar-refractivity contribution is 5.79. The fraction of sp³-hybridized carbons (Fsp3) is 0.435. The first-order valence-corrected chi connectivity index (χ1v) is 10.2. The lowest BCUT2D eigenvalue weighted by molar-refractivity contribution is 0.166. The van der Waals surface area contributed by atoms with E-state index in [1.807, 2.05) is 19.1 Å². The van der Waals surface area contributed by atoms with Crippen molar-refractivity contribution < 1.29 is 14.6 Å². The van der Waals surface area contributed by atoms with E-state index in [1.54, 1.807) is 12.1 Å². The lowest BCUT2D eigenvalue weighted by atomic mass is 10.1. The summed E-state index contributed by atoms with van der Waals surface area (Å²) in [5, 5.41) is 16.3. The first-order chi connectivity index (χ1) is 14.1. The van der Waals surface area contributed by atoms with Gasteiger partial charge in [0.25, 0.3) is 0 Å². The Morgan fingerprint density at radius 3 is 2.90 bits per heavy atom. The number of aromatic hydroxyl groups is 1. The second-order valence-corrected chi connectivity index (χ2v) is 7.37. The zero-order chi connectivity index (χ0) is 20.5. The number of phenols is 1. The normalized spacial score (nSPS) is 16.6. The number of nitrogens with one attached hydrogen (secondary N) is 2. The average Bonchev–Trinajstić information content (AvgIpc) is 3.23. The minimum atomic E-state index is 0.254. The second kappa shape index (κ2) is 10.7. The lowest BCUT2D eigenvalue weighted by Gasteiger charge is -2.17. The minimum Gasteiger partial charge on any atom is -0.508 e. The van der Waals surface area contributed by atoms with Crippen LogP contribution in [0.4, 0.5) is 0 Å². The number of hydrogen-bond acceptors (Lipinski definition) is 4. The highest BCUT2D eigenvalue weighted by Crippen LogP contribution is 2.22. The molecule has 0 aromatic heterocycles. The summed E-state index contributed by atoms with van der Waals surface area (Å²) in [6.07, 6.45) is 1.06. The van der Waals surface area contributed by atoms with Crippen molar-refractivity contribution in [3.8, 4) is 11.5 Å². The number of rotatable bonds is 8. The van der Waals surface area contributed by atoms with Crippen molar-refractivity contribution in [3.63, 3.8) is 0 Å². The number of benzene rings is 2. The molecule has 1 aliphatic rings. The summed E-state index contributed by atoms with van der Waals surface area (Å²) >= 11 is 0. The van der Waals surface area contributed by atoms with Gasteiger partial charge in [0.2, 0.25) is 0 Å². The summed E-state index contributed by atoms with van der Waals surface area (Å²) in [6.45, 7) is 8.28. The zero-order valence-corrected chi connectivity index (χ0v) is 17.3. The van der Waals surface area contributed by atoms with Gasteiger partial charge in [-0.3, -0.25) is 0 Å². The molecule has 0 radical (unpaired) electrons. The van der Waals surface area contributed by atoms with Crippen molar-refractivity contribution in [1.29, 1.82) is 0 Å². The van der Waals surface area contributed by atoms with Gasteiger partial charge in [-0.25, -0.2) is 4.99 Å². The topological polar surface area (TPSA) is 75.1 Å². The maximum Gasteiger partial charge on any atom is 0.191 e. The third kappa shape index (κ3) is 6.68. The van der Waals surface area contributed by atoms with Crippen LogP contribution in [0.3, 0.4) is 0 Å². The Balaban J connectivity index is 1.62. The number of aliphatic imine (C=N–C) groups is 1. The first kappa shape index (κ1) is 21.0. The van der Waals surface area contributed by atoms with Crippen LogP contribution in [0, 0.1) is 12.8 Å². The van der Waals surface area contributed by atoms with Crippen LogP contribution in [0.1, 0.15) is 30.0 Å². The molecule has 1 fully saturated rings. The summed E-state index contributed by atoms with van der Waals surface area (Å²) in [5.74, 6) is 2.36. The molecular weight excluding hydrogens is 366 g/mol. The third-order valence-electron chi connectivity index (χ3n) is 4.84. The Hall–Kier alpha value is -2.73. The predicted octanol–water partition coefficient (Wildman–Crippen LogP) is 3.37. The fourth-order valence-electron chi connectivity index (χ4n) is 3.21. The highest BCUT2D eigenvalue weighted by atomic mass is 16.5. The molecule has 3 rings (SSSR count). The smallest absolute Gasteiger partial charge is 0.191 e. The van der Waals surface area contributed by atoms with Crippen LogP contribution in [-0.2, 0) is 17.8 Å². The van der Waals surface area contributed by atoms with E-state index >= 15 is 0 Å². The second-order valence-electron chi connectivity index (χ2n) is 7.37. The molecule has 29 heavy (non-hydrogen) atoms. The predicted molar refractivity (Wildman–Crippen MR) is 115 cm³/mol. The van der Waals surface area contributed by atoms with E-state index < -0.39 is 0 Å². The van der Waals surface area contributed by atoms with Crippen molar-refractivity contribution in [2.45, 2.75) is 33.4 Å². The number of ether oxygens (including phenoxy) is 2. The molecule has 3 N–H and O–H groups in total. The van der Waals surface area contributed by atoms with Crippen molar-refractivity contribution in [2.75, 3.05) is 26.4 Å². The quantitative estimate of drug-likeness (QED) is 0.470. The van der Waals surface area contributed by atoms with Gasteiger partial charge in [-0.2, -0.15) is 0 Å². The van der Waals surface area contributed by atoms with E-state index in [0.717, 1.165) is 49.0 Å². The van der Waals surface area contributed by atoms with E-state index in [9.17, 15) is 5.11 Å². The summed E-state index contributed by atoms with van der Waals surface area (Å²) < 4.78 is 11.6. The van der Waals surface area contributed by atoms with Gasteiger partial charge in [0.15, 0.2) is 5.96 Å². The van der Waals surface area contributed by atoms with Gasteiger partial charge in [-0.15, -0.1) is 0 Å². The molecule has 0 amide bonds. The van der Waals surface area contributed by atoms with Crippen LogP contribution < -0.4 is 15.4 Å². The van der Waals surface area contributed by atoms with Crippen LogP contribution in [0.5, 0.6) is 11.5 Å². The molecule has 1 atom stereocenters. The van der Waals surface area contributed by atoms with Gasteiger partial charge in [-0.05, 0) is 49.6 Å². The van der Waals surface area contributed by atoms with Gasteiger partial charge < -0.3 is 25.2 Å². The molecule has 1 heterocycles. The van der Waals surface area contributed by atoms with E-state index in [4.69, 9.17) is 9.47 Å². The van der Waals surface area contributed by atoms with E-state index in [-0.39, 0.29) is 5.75 Å². The van der Waals surface area contributed by atoms with Crippen LogP contribution in [0.25, 0.3) is 0 Å². The Morgan fingerprint density at radius 1 is 1.24 bits per heavy atom. The largest absolute Gasteiger partial charge is 0.508 e. The summed E-state index contributed by atoms with van der Waals surface area (Å²) in [5.41, 5.74) is 3.23. The monoisotopic (exact) mass is 397 g/mol. The molecule has 1 saturated heterocycles. The molecule has 0 bridgehead atoms. The van der Waals surface area contributed by atoms with E-state index in [2.05, 4.69) is 40.7 Å². The van der Waals surface area contributed by atoms with Crippen molar-refractivity contribution >= 4 is 5.96 Å². The number of hydrogen-bond donors (Lipinski definition) is 3. The van der Waals surface area contributed by atoms with E-state index in [0.29, 0.717) is 25.6 Å². The lowest BCUT2D eigenvalue weighted by Crippen LogP contribution is -2.36. The van der Waals surface area contributed by atoms with Crippen LogP contribution in [0.2, 0.25) is 0 Å². The van der Waals surface area contributed by atoms with Crippen molar-refractivity contribution in [2.24, 2.45) is 10.9 Å². The molecule has 2 aromatic rings. The molecule has 1 unspecified atom stereocenters. The molecule has 1 aliphatic heterocycles. The summed E-state index contributed by atoms with van der Waals surface area (Å²) in [4.78, 5) is 4.62. The van der Waals surface area contributed by atoms with Gasteiger partial charge in [0.05, 0.1) is 19.8 Å². The third-order valence-corrected chi connectivity index (χ3v) is 4.84. The number of guanidine groups is 1. The Morgan fingerprint density at radius 2 is 2.14 bits per heavy atom. The van der Waals surface area contributed by atoms with Crippen molar-refractivity contribution in [3.05, 3.63) is 59.2 Å². The molecule has 0 aliphatic carbocycles. The molecular formula is C23H31N3O3. The Kier molecular flexibility index (Phi) is 7.76. The first-order valence-electron chi connectivity index (χ1n) is 10.2. The summed E-state index contributed by atoms with van der Waals surface area (Å²) in [7, 11) is 0. The van der Waals surface area contributed by atoms with E-state index in [1.165, 1.54) is 5.56 Å². The van der Waals surface area contributed by atoms with Crippen LogP contribution in [-0.4, -0.2) is 37.4 Å². The summed E-state index contributed by atoms with van der Waals surface area (Å²) in [6, 6.07) is 13.4. The Labute approximate surface area is 173 Å².